The molecule has 0 spiro atoms. The second-order valence-electron chi connectivity index (χ2n) is 6.12. The van der Waals surface area contributed by atoms with Crippen LogP contribution in [0.3, 0.4) is 0 Å². The lowest BCUT2D eigenvalue weighted by Crippen LogP contribution is -2.21. The lowest BCUT2D eigenvalue weighted by atomic mass is 10.2. The third-order valence-corrected chi connectivity index (χ3v) is 5.63. The number of amides is 1. The number of hydrogen-bond acceptors (Lipinski definition) is 5. The van der Waals surface area contributed by atoms with Crippen molar-refractivity contribution in [2.24, 2.45) is 0 Å². The number of aromatic amines is 1. The molecule has 3 aromatic rings. The van der Waals surface area contributed by atoms with Crippen molar-refractivity contribution in [3.8, 4) is 11.5 Å². The molecule has 1 amide bonds. The molecule has 2 heterocycles. The maximum atomic E-state index is 13.3. The Morgan fingerprint density at radius 2 is 2.04 bits per heavy atom. The predicted molar refractivity (Wildman–Crippen MR) is 101 cm³/mol. The largest absolute Gasteiger partial charge is 0.458 e. The summed E-state index contributed by atoms with van der Waals surface area (Å²) in [6.07, 6.45) is 1.34. The zero-order valence-electron chi connectivity index (χ0n) is 15.1. The van der Waals surface area contributed by atoms with Gasteiger partial charge in [0.1, 0.15) is 22.2 Å². The molecular weight excluding hydrogens is 411 g/mol. The van der Waals surface area contributed by atoms with E-state index in [0.717, 1.165) is 12.1 Å². The highest BCUT2D eigenvalue weighted by atomic mass is 35.5. The van der Waals surface area contributed by atoms with Crippen LogP contribution in [-0.4, -0.2) is 43.5 Å². The van der Waals surface area contributed by atoms with Gasteiger partial charge in [-0.15, -0.1) is 0 Å². The van der Waals surface area contributed by atoms with Gasteiger partial charge in [0.25, 0.3) is 15.9 Å². The molecule has 8 nitrogen and oxygen atoms in total. The van der Waals surface area contributed by atoms with Crippen LogP contribution < -0.4 is 4.72 Å². The van der Waals surface area contributed by atoms with Crippen LogP contribution in [0.4, 0.5) is 10.1 Å². The first-order valence-electron chi connectivity index (χ1n) is 7.94. The minimum Gasteiger partial charge on any atom is -0.458 e. The molecule has 1 aromatic carbocycles. The number of rotatable bonds is 5. The standard InChI is InChI=1S/C17H16ClFN4O4S/c1-9-15(28(25,26)22-10-4-5-13(19)12(18)6-10)7-14(27-9)16-11(8-20-21-16)17(24)23(2)3/h4-8,22H,1-3H3,(H,20,21). The maximum Gasteiger partial charge on any atom is 0.265 e. The number of carbonyl (C=O) groups excluding carboxylic acids is 1. The van der Waals surface area contributed by atoms with E-state index >= 15 is 0 Å². The van der Waals surface area contributed by atoms with Crippen LogP contribution in [0, 0.1) is 12.7 Å². The van der Waals surface area contributed by atoms with Crippen LogP contribution in [0.15, 0.2) is 39.8 Å². The van der Waals surface area contributed by atoms with Gasteiger partial charge < -0.3 is 9.32 Å². The van der Waals surface area contributed by atoms with E-state index in [1.807, 2.05) is 0 Å². The third kappa shape index (κ3) is 3.73. The van der Waals surface area contributed by atoms with Gasteiger partial charge in [-0.2, -0.15) is 5.10 Å². The van der Waals surface area contributed by atoms with Crippen molar-refractivity contribution in [1.82, 2.24) is 15.1 Å². The Hall–Kier alpha value is -2.85. The number of aromatic nitrogens is 2. The molecule has 0 aliphatic heterocycles. The molecule has 148 valence electrons. The molecule has 0 saturated carbocycles. The molecule has 2 aromatic heterocycles. The highest BCUT2D eigenvalue weighted by Gasteiger charge is 2.26. The highest BCUT2D eigenvalue weighted by molar-refractivity contribution is 7.92. The SMILES string of the molecule is Cc1oc(-c2[nH]ncc2C(=O)N(C)C)cc1S(=O)(=O)Nc1ccc(F)c(Cl)c1. The van der Waals surface area contributed by atoms with Crippen molar-refractivity contribution in [3.63, 3.8) is 0 Å². The first kappa shape index (κ1) is 19.9. The van der Waals surface area contributed by atoms with E-state index in [9.17, 15) is 17.6 Å². The monoisotopic (exact) mass is 426 g/mol. The highest BCUT2D eigenvalue weighted by Crippen LogP contribution is 2.31. The Kier molecular flexibility index (Phi) is 5.18. The van der Waals surface area contributed by atoms with Crippen LogP contribution in [0.1, 0.15) is 16.1 Å². The van der Waals surface area contributed by atoms with Gasteiger partial charge in [-0.3, -0.25) is 14.6 Å². The molecule has 0 unspecified atom stereocenters. The van der Waals surface area contributed by atoms with E-state index < -0.39 is 15.8 Å². The zero-order valence-corrected chi connectivity index (χ0v) is 16.7. The van der Waals surface area contributed by atoms with Crippen molar-refractivity contribution in [2.45, 2.75) is 11.8 Å². The van der Waals surface area contributed by atoms with E-state index in [4.69, 9.17) is 16.0 Å². The Morgan fingerprint density at radius 1 is 1.32 bits per heavy atom. The Balaban J connectivity index is 1.97. The van der Waals surface area contributed by atoms with Crippen molar-refractivity contribution in [2.75, 3.05) is 18.8 Å². The molecule has 11 heteroatoms. The summed E-state index contributed by atoms with van der Waals surface area (Å²) in [6.45, 7) is 1.47. The van der Waals surface area contributed by atoms with Crippen molar-refractivity contribution < 1.29 is 22.0 Å². The zero-order chi connectivity index (χ0) is 20.6. The third-order valence-electron chi connectivity index (χ3n) is 3.86. The van der Waals surface area contributed by atoms with Gasteiger partial charge in [0.05, 0.1) is 22.5 Å². The number of hydrogen-bond donors (Lipinski definition) is 2. The molecule has 0 aliphatic rings. The fourth-order valence-corrected chi connectivity index (χ4v) is 3.91. The summed E-state index contributed by atoms with van der Waals surface area (Å²) < 4.78 is 46.6. The molecule has 0 atom stereocenters. The van der Waals surface area contributed by atoms with E-state index in [-0.39, 0.29) is 44.3 Å². The minimum absolute atomic E-state index is 0.0959. The summed E-state index contributed by atoms with van der Waals surface area (Å²) >= 11 is 5.69. The van der Waals surface area contributed by atoms with E-state index in [0.29, 0.717) is 0 Å². The molecule has 28 heavy (non-hydrogen) atoms. The Labute approximate surface area is 165 Å². The number of H-pyrrole nitrogens is 1. The van der Waals surface area contributed by atoms with Gasteiger partial charge in [-0.25, -0.2) is 12.8 Å². The van der Waals surface area contributed by atoms with Gasteiger partial charge in [-0.05, 0) is 25.1 Å². The Bertz CT molecular complexity index is 1150. The second-order valence-corrected chi connectivity index (χ2v) is 8.18. The molecular formula is C17H16ClFN4O4S. The van der Waals surface area contributed by atoms with E-state index in [1.165, 1.54) is 30.2 Å². The minimum atomic E-state index is -4.05. The molecule has 0 fully saturated rings. The fraction of sp³-hybridized carbons (Fsp3) is 0.176. The van der Waals surface area contributed by atoms with Crippen molar-refractivity contribution >= 4 is 33.2 Å². The molecule has 3 rings (SSSR count). The average molecular weight is 427 g/mol. The fourth-order valence-electron chi connectivity index (χ4n) is 2.50. The lowest BCUT2D eigenvalue weighted by molar-refractivity contribution is 0.0828. The molecule has 0 aliphatic carbocycles. The van der Waals surface area contributed by atoms with Gasteiger partial charge in [0, 0.05) is 20.2 Å². The van der Waals surface area contributed by atoms with Gasteiger partial charge in [0.15, 0.2) is 5.76 Å². The number of nitrogens with zero attached hydrogens (tertiary/aromatic N) is 2. The number of sulfonamides is 1. The number of aryl methyl sites for hydroxylation is 1. The Morgan fingerprint density at radius 3 is 2.68 bits per heavy atom. The van der Waals surface area contributed by atoms with Crippen molar-refractivity contribution in [1.29, 1.82) is 0 Å². The van der Waals surface area contributed by atoms with Crippen LogP contribution in [0.5, 0.6) is 0 Å². The van der Waals surface area contributed by atoms with Crippen molar-refractivity contribution in [3.05, 3.63) is 52.6 Å². The summed E-state index contributed by atoms with van der Waals surface area (Å²) in [5, 5.41) is 6.27. The number of anilines is 1. The second kappa shape index (κ2) is 7.28. The van der Waals surface area contributed by atoms with E-state index in [2.05, 4.69) is 14.9 Å². The van der Waals surface area contributed by atoms with Gasteiger partial charge in [0.2, 0.25) is 0 Å². The number of nitrogens with one attached hydrogen (secondary N) is 2. The van der Waals surface area contributed by atoms with Gasteiger partial charge in [-0.1, -0.05) is 11.6 Å². The number of halogens is 2. The first-order chi connectivity index (χ1) is 13.1. The number of furan rings is 1. The van der Waals surface area contributed by atoms with E-state index in [1.54, 1.807) is 14.1 Å². The molecule has 0 radical (unpaired) electrons. The van der Waals surface area contributed by atoms with Crippen LogP contribution in [0.2, 0.25) is 5.02 Å². The van der Waals surface area contributed by atoms with Crippen LogP contribution in [-0.2, 0) is 10.0 Å². The van der Waals surface area contributed by atoms with Gasteiger partial charge >= 0.3 is 0 Å². The normalized spacial score (nSPS) is 11.5. The number of benzene rings is 1. The quantitative estimate of drug-likeness (QED) is 0.650. The predicted octanol–water partition coefficient (Wildman–Crippen LogP) is 3.27. The summed E-state index contributed by atoms with van der Waals surface area (Å²) in [5.74, 6) is -0.740. The molecule has 0 bridgehead atoms. The summed E-state index contributed by atoms with van der Waals surface area (Å²) in [7, 11) is -0.881. The number of carbonyl (C=O) groups is 1. The average Bonchev–Trinajstić information content (AvgIpc) is 3.23. The maximum absolute atomic E-state index is 13.3. The summed E-state index contributed by atoms with van der Waals surface area (Å²) in [5.41, 5.74) is 0.590. The smallest absolute Gasteiger partial charge is 0.265 e. The van der Waals surface area contributed by atoms with Crippen LogP contribution in [0.25, 0.3) is 11.5 Å². The molecule has 2 N–H and O–H groups in total. The first-order valence-corrected chi connectivity index (χ1v) is 9.80. The molecule has 0 saturated heterocycles. The van der Waals surface area contributed by atoms with Crippen LogP contribution >= 0.6 is 11.6 Å². The summed E-state index contributed by atoms with van der Waals surface area (Å²) in [4.78, 5) is 13.5. The topological polar surface area (TPSA) is 108 Å². The lowest BCUT2D eigenvalue weighted by Gasteiger charge is -2.09. The summed E-state index contributed by atoms with van der Waals surface area (Å²) in [6, 6.07) is 4.74.